The van der Waals surface area contributed by atoms with Crippen LogP contribution in [0.4, 0.5) is 14.6 Å². The highest BCUT2D eigenvalue weighted by atomic mass is 19.1. The molecule has 0 amide bonds. The van der Waals surface area contributed by atoms with Crippen LogP contribution < -0.4 is 14.4 Å². The molecule has 8 rings (SSSR count). The lowest BCUT2D eigenvalue weighted by molar-refractivity contribution is -0.0431. The number of piperidine rings is 1. The number of β-amino-alcohol motifs (C(OH)–C–C–N with tert-alkyl or cyclic N) is 1. The van der Waals surface area contributed by atoms with Crippen LogP contribution in [0.2, 0.25) is 0 Å². The number of likely N-dealkylation sites (tertiary alicyclic amines) is 1. The van der Waals surface area contributed by atoms with E-state index < -0.39 is 17.2 Å². The molecular formula is C38H41F2N5O5. The van der Waals surface area contributed by atoms with E-state index in [0.29, 0.717) is 37.5 Å². The summed E-state index contributed by atoms with van der Waals surface area (Å²) in [5.41, 5.74) is -1.23. The van der Waals surface area contributed by atoms with Crippen molar-refractivity contribution in [2.24, 2.45) is 5.41 Å². The van der Waals surface area contributed by atoms with Gasteiger partial charge < -0.3 is 29.3 Å². The number of ether oxygens (including phenoxy) is 3. The summed E-state index contributed by atoms with van der Waals surface area (Å²) >= 11 is 0. The molecule has 2 aromatic heterocycles. The molecule has 262 valence electrons. The number of pyridine rings is 1. The number of aromatic hydroxyl groups is 1. The normalized spacial score (nSPS) is 25.0. The fourth-order valence-corrected chi connectivity index (χ4v) is 9.02. The summed E-state index contributed by atoms with van der Waals surface area (Å²) in [6.07, 6.45) is 11.6. The summed E-state index contributed by atoms with van der Waals surface area (Å²) in [7, 11) is 1.44. The second-order valence-electron chi connectivity index (χ2n) is 14.9. The van der Waals surface area contributed by atoms with E-state index in [1.54, 1.807) is 0 Å². The third kappa shape index (κ3) is 5.47. The van der Waals surface area contributed by atoms with Crippen LogP contribution in [-0.4, -0.2) is 93.8 Å². The van der Waals surface area contributed by atoms with Crippen LogP contribution in [0.3, 0.4) is 0 Å². The maximum absolute atomic E-state index is 17.2. The number of aliphatic hydroxyl groups is 1. The fraction of sp³-hybridized carbons (Fsp3) is 0.500. The van der Waals surface area contributed by atoms with Gasteiger partial charge in [-0.05, 0) is 76.1 Å². The minimum absolute atomic E-state index is 0.0235. The Morgan fingerprint density at radius 3 is 2.68 bits per heavy atom. The van der Waals surface area contributed by atoms with Gasteiger partial charge in [0, 0.05) is 35.5 Å². The number of halogens is 2. The monoisotopic (exact) mass is 685 g/mol. The number of hydrogen-bond donors (Lipinski definition) is 2. The van der Waals surface area contributed by atoms with Crippen molar-refractivity contribution in [3.8, 4) is 41.2 Å². The third-order valence-corrected chi connectivity index (χ3v) is 11.0. The highest BCUT2D eigenvalue weighted by molar-refractivity contribution is 6.04. The van der Waals surface area contributed by atoms with Gasteiger partial charge in [-0.15, -0.1) is 6.42 Å². The second kappa shape index (κ2) is 12.2. The van der Waals surface area contributed by atoms with Gasteiger partial charge in [-0.2, -0.15) is 9.97 Å². The molecule has 1 aliphatic carbocycles. The zero-order valence-corrected chi connectivity index (χ0v) is 28.5. The van der Waals surface area contributed by atoms with Crippen molar-refractivity contribution in [2.75, 3.05) is 44.9 Å². The van der Waals surface area contributed by atoms with Crippen molar-refractivity contribution >= 4 is 27.5 Å². The molecule has 0 radical (unpaired) electrons. The van der Waals surface area contributed by atoms with Crippen LogP contribution >= 0.6 is 0 Å². The van der Waals surface area contributed by atoms with Gasteiger partial charge in [0.1, 0.15) is 34.0 Å². The topological polar surface area (TPSA) is 113 Å². The standard InChI is InChI=1S/C38H41F2N5O5/c1-5-25-27(39)10-9-21-14-23(46)16-26(29(21)25)32-31(40)33-30(35(41-32)48-4)34(45-17-24-15-22(45)18-49-24)43-36(42-33)50-20-38-11-6-8-28(38)44(13-7-12-38)19-37(2,3)47/h1,9-10,14,16,22,24,28,46-47H,6-8,11-13,15,17-20H2,2-4H3. The number of benzene rings is 2. The predicted molar refractivity (Wildman–Crippen MR) is 185 cm³/mol. The molecule has 3 saturated heterocycles. The number of nitrogens with zero attached hydrogens (tertiary/aromatic N) is 5. The van der Waals surface area contributed by atoms with Crippen LogP contribution in [0, 0.1) is 29.4 Å². The van der Waals surface area contributed by atoms with E-state index in [2.05, 4.69) is 25.7 Å². The maximum atomic E-state index is 17.2. The number of aromatic nitrogens is 3. The first-order chi connectivity index (χ1) is 24.0. The molecule has 0 spiro atoms. The summed E-state index contributed by atoms with van der Waals surface area (Å²) < 4.78 is 50.3. The van der Waals surface area contributed by atoms with Gasteiger partial charge in [0.2, 0.25) is 5.88 Å². The zero-order chi connectivity index (χ0) is 34.9. The van der Waals surface area contributed by atoms with Crippen molar-refractivity contribution in [2.45, 2.75) is 76.2 Å². The molecule has 5 heterocycles. The zero-order valence-electron chi connectivity index (χ0n) is 28.5. The SMILES string of the molecule is C#Cc1c(F)ccc2cc(O)cc(-c3nc(OC)c4c(N5CC6CC5CO6)nc(OCC56CCCC5N(CC(C)(C)O)CCC6)nc4c3F)c12. The first-order valence-electron chi connectivity index (χ1n) is 17.3. The Kier molecular flexibility index (Phi) is 8.01. The molecule has 4 atom stereocenters. The molecule has 4 unspecified atom stereocenters. The number of methoxy groups -OCH3 is 1. The minimum Gasteiger partial charge on any atom is -0.508 e. The molecule has 12 heteroatoms. The molecule has 4 aliphatic rings. The number of hydrogen-bond acceptors (Lipinski definition) is 10. The molecule has 2 bridgehead atoms. The lowest BCUT2D eigenvalue weighted by Crippen LogP contribution is -2.55. The van der Waals surface area contributed by atoms with Gasteiger partial charge in [-0.25, -0.2) is 13.8 Å². The molecule has 1 saturated carbocycles. The largest absolute Gasteiger partial charge is 0.508 e. The summed E-state index contributed by atoms with van der Waals surface area (Å²) in [6.45, 7) is 6.59. The van der Waals surface area contributed by atoms with Crippen molar-refractivity contribution in [3.05, 3.63) is 41.5 Å². The van der Waals surface area contributed by atoms with E-state index >= 15 is 4.39 Å². The van der Waals surface area contributed by atoms with Crippen molar-refractivity contribution in [1.82, 2.24) is 19.9 Å². The fourth-order valence-electron chi connectivity index (χ4n) is 9.02. The van der Waals surface area contributed by atoms with Gasteiger partial charge in [0.25, 0.3) is 0 Å². The van der Waals surface area contributed by atoms with Crippen molar-refractivity contribution in [3.63, 3.8) is 0 Å². The van der Waals surface area contributed by atoms with Crippen molar-refractivity contribution in [1.29, 1.82) is 0 Å². The molecule has 2 N–H and O–H groups in total. The molecular weight excluding hydrogens is 644 g/mol. The highest BCUT2D eigenvalue weighted by Crippen LogP contribution is 2.49. The summed E-state index contributed by atoms with van der Waals surface area (Å²) in [5.74, 6) is 1.27. The third-order valence-electron chi connectivity index (χ3n) is 11.0. The summed E-state index contributed by atoms with van der Waals surface area (Å²) in [6, 6.07) is 5.75. The number of rotatable bonds is 8. The Balaban J connectivity index is 1.27. The Morgan fingerprint density at radius 2 is 1.96 bits per heavy atom. The van der Waals surface area contributed by atoms with Crippen LogP contribution in [0.15, 0.2) is 24.3 Å². The first kappa shape index (κ1) is 32.9. The lowest BCUT2D eigenvalue weighted by atomic mass is 9.75. The van der Waals surface area contributed by atoms with Crippen LogP contribution in [0.25, 0.3) is 32.9 Å². The van der Waals surface area contributed by atoms with Crippen LogP contribution in [0.5, 0.6) is 17.6 Å². The van der Waals surface area contributed by atoms with Crippen LogP contribution in [0.1, 0.15) is 57.9 Å². The Labute approximate surface area is 289 Å². The highest BCUT2D eigenvalue weighted by Gasteiger charge is 2.49. The smallest absolute Gasteiger partial charge is 0.319 e. The molecule has 10 nitrogen and oxygen atoms in total. The second-order valence-corrected chi connectivity index (χ2v) is 14.9. The van der Waals surface area contributed by atoms with E-state index in [1.807, 2.05) is 13.8 Å². The van der Waals surface area contributed by atoms with E-state index in [9.17, 15) is 14.6 Å². The van der Waals surface area contributed by atoms with E-state index in [-0.39, 0.29) is 74.4 Å². The van der Waals surface area contributed by atoms with Gasteiger partial charge >= 0.3 is 6.01 Å². The number of fused-ring (bicyclic) bond motifs is 5. The predicted octanol–water partition coefficient (Wildman–Crippen LogP) is 5.58. The van der Waals surface area contributed by atoms with Gasteiger partial charge in [-0.1, -0.05) is 18.4 Å². The van der Waals surface area contributed by atoms with E-state index in [4.69, 9.17) is 25.6 Å². The number of terminal acetylenes is 1. The van der Waals surface area contributed by atoms with Gasteiger partial charge in [0.05, 0.1) is 43.6 Å². The Morgan fingerprint density at radius 1 is 1.14 bits per heavy atom. The Hall–Kier alpha value is -4.31. The van der Waals surface area contributed by atoms with Crippen LogP contribution in [-0.2, 0) is 4.74 Å². The number of anilines is 1. The number of morpholine rings is 1. The molecule has 4 aromatic rings. The summed E-state index contributed by atoms with van der Waals surface area (Å²) in [4.78, 5) is 18.7. The number of phenols is 1. The molecule has 50 heavy (non-hydrogen) atoms. The maximum Gasteiger partial charge on any atom is 0.319 e. The van der Waals surface area contributed by atoms with Crippen molar-refractivity contribution < 1.29 is 33.2 Å². The summed E-state index contributed by atoms with van der Waals surface area (Å²) in [5, 5.41) is 22.3. The molecule has 4 fully saturated rings. The minimum atomic E-state index is -0.822. The van der Waals surface area contributed by atoms with Gasteiger partial charge in [0.15, 0.2) is 5.82 Å². The van der Waals surface area contributed by atoms with Gasteiger partial charge in [-0.3, -0.25) is 4.90 Å². The first-order valence-corrected chi connectivity index (χ1v) is 17.3. The quantitative estimate of drug-likeness (QED) is 0.228. The van der Waals surface area contributed by atoms with E-state index in [0.717, 1.165) is 45.1 Å². The lowest BCUT2D eigenvalue weighted by Gasteiger charge is -2.47. The Bertz CT molecular complexity index is 2050. The van der Waals surface area contributed by atoms with E-state index in [1.165, 1.54) is 31.4 Å². The number of phenolic OH excluding ortho intramolecular Hbond substituents is 1. The molecule has 3 aliphatic heterocycles. The molecule has 2 aromatic carbocycles. The average Bonchev–Trinajstić information content (AvgIpc) is 3.84. The average molecular weight is 686 g/mol.